The van der Waals surface area contributed by atoms with Crippen LogP contribution in [0.25, 0.3) is 0 Å². The van der Waals surface area contributed by atoms with Crippen LogP contribution in [0.15, 0.2) is 29.4 Å². The Labute approximate surface area is 138 Å². The Morgan fingerprint density at radius 1 is 1.39 bits per heavy atom. The van der Waals surface area contributed by atoms with Crippen LogP contribution in [0.1, 0.15) is 35.3 Å². The summed E-state index contributed by atoms with van der Waals surface area (Å²) in [5.41, 5.74) is 0.391. The van der Waals surface area contributed by atoms with Crippen LogP contribution in [0, 0.1) is 18.6 Å². The number of aliphatic imine (C=N–C) groups is 1. The Morgan fingerprint density at radius 2 is 2.17 bits per heavy atom. The van der Waals surface area contributed by atoms with E-state index in [0.717, 1.165) is 16.0 Å². The molecule has 1 aromatic heterocycles. The van der Waals surface area contributed by atoms with E-state index in [1.807, 2.05) is 20.0 Å². The zero-order valence-corrected chi connectivity index (χ0v) is 14.2. The van der Waals surface area contributed by atoms with E-state index < -0.39 is 11.6 Å². The van der Waals surface area contributed by atoms with Gasteiger partial charge in [-0.3, -0.25) is 0 Å². The Kier molecular flexibility index (Phi) is 6.04. The van der Waals surface area contributed by atoms with E-state index in [1.54, 1.807) is 18.3 Å². The van der Waals surface area contributed by atoms with E-state index in [2.05, 4.69) is 20.6 Å². The Morgan fingerprint density at radius 3 is 2.78 bits per heavy atom. The smallest absolute Gasteiger partial charge is 0.192 e. The second kappa shape index (κ2) is 8.01. The predicted molar refractivity (Wildman–Crippen MR) is 89.6 cm³/mol. The van der Waals surface area contributed by atoms with Crippen LogP contribution >= 0.6 is 11.3 Å². The van der Waals surface area contributed by atoms with Crippen LogP contribution in [0.4, 0.5) is 8.78 Å². The summed E-state index contributed by atoms with van der Waals surface area (Å²) >= 11 is 1.59. The van der Waals surface area contributed by atoms with Crippen LogP contribution < -0.4 is 10.6 Å². The molecule has 124 valence electrons. The molecule has 1 aromatic carbocycles. The zero-order chi connectivity index (χ0) is 16.8. The number of aromatic nitrogens is 1. The molecule has 2 rings (SSSR count). The van der Waals surface area contributed by atoms with Crippen LogP contribution in [-0.2, 0) is 6.54 Å². The van der Waals surface area contributed by atoms with Crippen LogP contribution in [-0.4, -0.2) is 17.5 Å². The lowest BCUT2D eigenvalue weighted by molar-refractivity contribution is 0.551. The highest BCUT2D eigenvalue weighted by molar-refractivity contribution is 7.11. The van der Waals surface area contributed by atoms with Gasteiger partial charge < -0.3 is 10.6 Å². The van der Waals surface area contributed by atoms with Crippen LogP contribution in [0.3, 0.4) is 0 Å². The first-order valence-electron chi connectivity index (χ1n) is 7.40. The van der Waals surface area contributed by atoms with Gasteiger partial charge in [-0.25, -0.2) is 18.8 Å². The highest BCUT2D eigenvalue weighted by atomic mass is 32.1. The number of halogens is 2. The third-order valence-electron chi connectivity index (χ3n) is 3.17. The molecule has 0 spiro atoms. The molecule has 0 aliphatic heterocycles. The molecule has 0 fully saturated rings. The molecule has 0 saturated carbocycles. The molecule has 1 atom stereocenters. The van der Waals surface area contributed by atoms with Crippen molar-refractivity contribution in [3.05, 3.63) is 51.5 Å². The average Bonchev–Trinajstić information content (AvgIpc) is 2.90. The maximum Gasteiger partial charge on any atom is 0.192 e. The molecule has 0 amide bonds. The van der Waals surface area contributed by atoms with Gasteiger partial charge in [0.05, 0.1) is 12.6 Å². The first kappa shape index (κ1) is 17.3. The van der Waals surface area contributed by atoms with Crippen molar-refractivity contribution in [3.8, 4) is 0 Å². The molecule has 2 aromatic rings. The summed E-state index contributed by atoms with van der Waals surface area (Å²) < 4.78 is 26.8. The first-order chi connectivity index (χ1) is 11.0. The van der Waals surface area contributed by atoms with Crippen LogP contribution in [0.5, 0.6) is 0 Å². The van der Waals surface area contributed by atoms with Gasteiger partial charge in [0.15, 0.2) is 5.96 Å². The molecule has 1 heterocycles. The van der Waals surface area contributed by atoms with Gasteiger partial charge in [-0.1, -0.05) is 6.07 Å². The van der Waals surface area contributed by atoms with E-state index >= 15 is 0 Å². The maximum absolute atomic E-state index is 13.8. The number of benzene rings is 1. The minimum absolute atomic E-state index is 0.341. The van der Waals surface area contributed by atoms with E-state index in [1.165, 1.54) is 12.1 Å². The summed E-state index contributed by atoms with van der Waals surface area (Å²) in [5, 5.41) is 7.15. The third kappa shape index (κ3) is 4.99. The fourth-order valence-corrected chi connectivity index (χ4v) is 2.79. The van der Waals surface area contributed by atoms with E-state index in [-0.39, 0.29) is 6.04 Å². The van der Waals surface area contributed by atoms with Gasteiger partial charge in [0.25, 0.3) is 0 Å². The largest absolute Gasteiger partial charge is 0.357 e. The molecule has 0 aliphatic rings. The van der Waals surface area contributed by atoms with E-state index in [0.29, 0.717) is 24.6 Å². The van der Waals surface area contributed by atoms with Crippen molar-refractivity contribution in [3.63, 3.8) is 0 Å². The van der Waals surface area contributed by atoms with Crippen LogP contribution in [0.2, 0.25) is 0 Å². The van der Waals surface area contributed by atoms with Crippen molar-refractivity contribution < 1.29 is 8.78 Å². The van der Waals surface area contributed by atoms with E-state index in [4.69, 9.17) is 0 Å². The van der Waals surface area contributed by atoms with Gasteiger partial charge in [-0.2, -0.15) is 0 Å². The Bertz CT molecular complexity index is 684. The highest BCUT2D eigenvalue weighted by Crippen LogP contribution is 2.17. The lowest BCUT2D eigenvalue weighted by Gasteiger charge is -2.18. The van der Waals surface area contributed by atoms with Crippen molar-refractivity contribution in [2.75, 3.05) is 6.54 Å². The fraction of sp³-hybridized carbons (Fsp3) is 0.375. The number of nitrogens with one attached hydrogen (secondary N) is 2. The first-order valence-corrected chi connectivity index (χ1v) is 8.22. The van der Waals surface area contributed by atoms with Gasteiger partial charge in [-0.05, 0) is 26.8 Å². The molecule has 7 heteroatoms. The maximum atomic E-state index is 13.8. The minimum Gasteiger partial charge on any atom is -0.357 e. The molecule has 0 saturated heterocycles. The lowest BCUT2D eigenvalue weighted by Crippen LogP contribution is -2.39. The summed E-state index contributed by atoms with van der Waals surface area (Å²) in [6, 6.07) is 3.23. The van der Waals surface area contributed by atoms with Gasteiger partial charge in [0.1, 0.15) is 16.6 Å². The molecule has 4 nitrogen and oxygen atoms in total. The summed E-state index contributed by atoms with van der Waals surface area (Å²) in [5.74, 6) is -0.592. The topological polar surface area (TPSA) is 49.3 Å². The van der Waals surface area contributed by atoms with Crippen molar-refractivity contribution in [1.29, 1.82) is 0 Å². The molecule has 0 aliphatic carbocycles. The normalized spacial score (nSPS) is 13.0. The molecular weight excluding hydrogens is 318 g/mol. The molecule has 0 radical (unpaired) electrons. The van der Waals surface area contributed by atoms with Gasteiger partial charge in [0.2, 0.25) is 0 Å². The van der Waals surface area contributed by atoms with Crippen molar-refractivity contribution in [1.82, 2.24) is 15.6 Å². The minimum atomic E-state index is -0.585. The standard InChI is InChI=1S/C16H20F2N4S/c1-4-19-16(21-9-15-20-8-10(2)23-15)22-11(3)13-6-5-12(17)7-14(13)18/h5-8,11H,4,9H2,1-3H3,(H2,19,21,22). The number of thiazole rings is 1. The molecule has 1 unspecified atom stereocenters. The zero-order valence-electron chi connectivity index (χ0n) is 13.4. The fourth-order valence-electron chi connectivity index (χ4n) is 2.08. The quantitative estimate of drug-likeness (QED) is 0.647. The molecule has 23 heavy (non-hydrogen) atoms. The predicted octanol–water partition coefficient (Wildman–Crippen LogP) is 3.55. The number of rotatable bonds is 5. The van der Waals surface area contributed by atoms with Crippen molar-refractivity contribution in [2.24, 2.45) is 4.99 Å². The number of hydrogen-bond donors (Lipinski definition) is 2. The SMILES string of the molecule is CCNC(=NCc1ncc(C)s1)NC(C)c1ccc(F)cc1F. The summed E-state index contributed by atoms with van der Waals surface area (Å²) in [4.78, 5) is 9.85. The number of aryl methyl sites for hydroxylation is 1. The monoisotopic (exact) mass is 338 g/mol. The Hall–Kier alpha value is -2.02. The number of nitrogens with zero attached hydrogens (tertiary/aromatic N) is 2. The molecule has 2 N–H and O–H groups in total. The van der Waals surface area contributed by atoms with Gasteiger partial charge in [-0.15, -0.1) is 11.3 Å². The van der Waals surface area contributed by atoms with Gasteiger partial charge in [0, 0.05) is 29.2 Å². The summed E-state index contributed by atoms with van der Waals surface area (Å²) in [6.07, 6.45) is 1.81. The second-order valence-corrected chi connectivity index (χ2v) is 6.41. The molecule has 0 bridgehead atoms. The van der Waals surface area contributed by atoms with E-state index in [9.17, 15) is 8.78 Å². The summed E-state index contributed by atoms with van der Waals surface area (Å²) in [6.45, 7) is 6.88. The molecular formula is C16H20F2N4S. The van der Waals surface area contributed by atoms with Crippen molar-refractivity contribution >= 4 is 17.3 Å². The Balaban J connectivity index is 2.08. The number of hydrogen-bond acceptors (Lipinski definition) is 3. The van der Waals surface area contributed by atoms with Gasteiger partial charge >= 0.3 is 0 Å². The third-order valence-corrected chi connectivity index (χ3v) is 4.07. The average molecular weight is 338 g/mol. The summed E-state index contributed by atoms with van der Waals surface area (Å²) in [7, 11) is 0. The van der Waals surface area contributed by atoms with Crippen molar-refractivity contribution in [2.45, 2.75) is 33.4 Å². The highest BCUT2D eigenvalue weighted by Gasteiger charge is 2.13. The second-order valence-electron chi connectivity index (χ2n) is 5.09. The number of guanidine groups is 1. The lowest BCUT2D eigenvalue weighted by atomic mass is 10.1.